The van der Waals surface area contributed by atoms with E-state index in [2.05, 4.69) is 44.8 Å². The first-order valence-electron chi connectivity index (χ1n) is 4.89. The van der Waals surface area contributed by atoms with Gasteiger partial charge >= 0.3 is 0 Å². The third-order valence-corrected chi connectivity index (χ3v) is 3.18. The smallest absolute Gasteiger partial charge is 0.168 e. The molecule has 3 nitrogen and oxygen atoms in total. The molecule has 16 heavy (non-hydrogen) atoms. The molecule has 0 saturated heterocycles. The van der Waals surface area contributed by atoms with Crippen LogP contribution in [-0.4, -0.2) is 14.6 Å². The Balaban J connectivity index is 2.19. The minimum atomic E-state index is 0.903. The quantitative estimate of drug-likeness (QED) is 0.645. The molecular weight excluding hydrogens is 313 g/mol. The number of benzene rings is 1. The van der Waals surface area contributed by atoms with Gasteiger partial charge in [0.15, 0.2) is 5.65 Å². The van der Waals surface area contributed by atoms with Crippen LogP contribution in [0.2, 0.25) is 0 Å². The van der Waals surface area contributed by atoms with Crippen LogP contribution >= 0.6 is 22.6 Å². The zero-order valence-electron chi connectivity index (χ0n) is 8.34. The molecule has 2 aromatic heterocycles. The Bertz CT molecular complexity index is 631. The van der Waals surface area contributed by atoms with E-state index < -0.39 is 0 Å². The molecule has 1 aromatic carbocycles. The molecule has 0 fully saturated rings. The van der Waals surface area contributed by atoms with Gasteiger partial charge in [-0.2, -0.15) is 5.10 Å². The predicted octanol–water partition coefficient (Wildman–Crippen LogP) is 3.00. The summed E-state index contributed by atoms with van der Waals surface area (Å²) in [4.78, 5) is 4.41. The summed E-state index contributed by atoms with van der Waals surface area (Å²) < 4.78 is 2.88. The topological polar surface area (TPSA) is 30.2 Å². The first-order chi connectivity index (χ1) is 7.84. The van der Waals surface area contributed by atoms with E-state index in [1.165, 1.54) is 0 Å². The Kier molecular flexibility index (Phi) is 2.36. The lowest BCUT2D eigenvalue weighted by molar-refractivity contribution is 0.941. The van der Waals surface area contributed by atoms with Gasteiger partial charge in [-0.1, -0.05) is 30.3 Å². The molecule has 0 bridgehead atoms. The van der Waals surface area contributed by atoms with E-state index in [-0.39, 0.29) is 0 Å². The van der Waals surface area contributed by atoms with E-state index in [0.717, 1.165) is 20.3 Å². The van der Waals surface area contributed by atoms with Crippen molar-refractivity contribution < 1.29 is 0 Å². The highest BCUT2D eigenvalue weighted by Crippen LogP contribution is 2.19. The van der Waals surface area contributed by atoms with Crippen molar-refractivity contribution >= 4 is 28.2 Å². The number of fused-ring (bicyclic) bond motifs is 1. The molecular formula is C12H8IN3. The van der Waals surface area contributed by atoms with E-state index in [4.69, 9.17) is 0 Å². The minimum absolute atomic E-state index is 0.903. The van der Waals surface area contributed by atoms with Crippen LogP contribution in [0.3, 0.4) is 0 Å². The van der Waals surface area contributed by atoms with E-state index >= 15 is 0 Å². The van der Waals surface area contributed by atoms with E-state index in [1.807, 2.05) is 41.3 Å². The molecule has 78 valence electrons. The molecule has 0 spiro atoms. The van der Waals surface area contributed by atoms with Gasteiger partial charge in [-0.3, -0.25) is 0 Å². The van der Waals surface area contributed by atoms with Crippen LogP contribution in [-0.2, 0) is 0 Å². The van der Waals surface area contributed by atoms with Gasteiger partial charge in [0.1, 0.15) is 0 Å². The summed E-state index contributed by atoms with van der Waals surface area (Å²) in [6, 6.07) is 10.2. The molecule has 3 aromatic rings. The second-order valence-electron chi connectivity index (χ2n) is 3.47. The third kappa shape index (κ3) is 1.59. The zero-order valence-corrected chi connectivity index (χ0v) is 10.5. The van der Waals surface area contributed by atoms with Crippen molar-refractivity contribution in [2.24, 2.45) is 0 Å². The lowest BCUT2D eigenvalue weighted by atomic mass is 10.1. The van der Waals surface area contributed by atoms with Gasteiger partial charge in [0, 0.05) is 18.0 Å². The van der Waals surface area contributed by atoms with Crippen LogP contribution < -0.4 is 0 Å². The van der Waals surface area contributed by atoms with Gasteiger partial charge in [0.05, 0.1) is 9.77 Å². The van der Waals surface area contributed by atoms with Gasteiger partial charge in [-0.05, 0) is 28.2 Å². The molecule has 0 aliphatic carbocycles. The molecule has 0 N–H and O–H groups in total. The Morgan fingerprint density at radius 2 is 1.81 bits per heavy atom. The van der Waals surface area contributed by atoms with Gasteiger partial charge in [0.2, 0.25) is 0 Å². The molecule has 0 saturated carbocycles. The van der Waals surface area contributed by atoms with Crippen molar-refractivity contribution in [1.82, 2.24) is 14.6 Å². The lowest BCUT2D eigenvalue weighted by Gasteiger charge is -2.01. The zero-order chi connectivity index (χ0) is 11.0. The van der Waals surface area contributed by atoms with Crippen LogP contribution in [0.5, 0.6) is 0 Å². The largest absolute Gasteiger partial charge is 0.235 e. The van der Waals surface area contributed by atoms with Crippen molar-refractivity contribution in [3.8, 4) is 11.1 Å². The van der Waals surface area contributed by atoms with Crippen molar-refractivity contribution in [2.45, 2.75) is 0 Å². The average Bonchev–Trinajstić information content (AvgIpc) is 2.72. The van der Waals surface area contributed by atoms with Crippen molar-refractivity contribution in [3.63, 3.8) is 0 Å². The summed E-state index contributed by atoms with van der Waals surface area (Å²) >= 11 is 2.23. The molecule has 0 aliphatic rings. The van der Waals surface area contributed by atoms with Gasteiger partial charge < -0.3 is 0 Å². The Hall–Kier alpha value is -1.43. The number of hydrogen-bond donors (Lipinski definition) is 0. The number of nitrogens with zero attached hydrogens (tertiary/aromatic N) is 3. The third-order valence-electron chi connectivity index (χ3n) is 2.42. The monoisotopic (exact) mass is 321 g/mol. The molecule has 0 radical (unpaired) electrons. The predicted molar refractivity (Wildman–Crippen MR) is 71.1 cm³/mol. The first-order valence-corrected chi connectivity index (χ1v) is 5.97. The highest BCUT2D eigenvalue weighted by molar-refractivity contribution is 14.1. The fraction of sp³-hybridized carbons (Fsp3) is 0. The summed E-state index contributed by atoms with van der Waals surface area (Å²) in [6.45, 7) is 0. The summed E-state index contributed by atoms with van der Waals surface area (Å²) in [6.07, 6.45) is 5.70. The molecule has 3 rings (SSSR count). The van der Waals surface area contributed by atoms with Crippen LogP contribution in [0.1, 0.15) is 0 Å². The highest BCUT2D eigenvalue weighted by atomic mass is 127. The van der Waals surface area contributed by atoms with Gasteiger partial charge in [0.25, 0.3) is 0 Å². The fourth-order valence-corrected chi connectivity index (χ4v) is 2.14. The molecule has 0 unspecified atom stereocenters. The standard InChI is InChI=1S/C12H8IN3/c13-11-7-15-16-8-10(6-14-12(11)16)9-4-2-1-3-5-9/h1-8H. The second-order valence-corrected chi connectivity index (χ2v) is 4.63. The van der Waals surface area contributed by atoms with Crippen LogP contribution in [0, 0.1) is 3.57 Å². The van der Waals surface area contributed by atoms with Crippen molar-refractivity contribution in [1.29, 1.82) is 0 Å². The Morgan fingerprint density at radius 1 is 1.00 bits per heavy atom. The second kappa shape index (κ2) is 3.86. The number of halogens is 1. The fourth-order valence-electron chi connectivity index (χ4n) is 1.63. The Morgan fingerprint density at radius 3 is 2.62 bits per heavy atom. The molecule has 0 amide bonds. The normalized spacial score (nSPS) is 10.8. The number of rotatable bonds is 1. The number of hydrogen-bond acceptors (Lipinski definition) is 2. The van der Waals surface area contributed by atoms with E-state index in [9.17, 15) is 0 Å². The molecule has 0 aliphatic heterocycles. The average molecular weight is 321 g/mol. The minimum Gasteiger partial charge on any atom is -0.235 e. The maximum Gasteiger partial charge on any atom is 0.168 e. The van der Waals surface area contributed by atoms with Crippen LogP contribution in [0.25, 0.3) is 16.8 Å². The molecule has 2 heterocycles. The van der Waals surface area contributed by atoms with E-state index in [1.54, 1.807) is 0 Å². The van der Waals surface area contributed by atoms with Crippen molar-refractivity contribution in [3.05, 3.63) is 52.5 Å². The van der Waals surface area contributed by atoms with E-state index in [0.29, 0.717) is 0 Å². The number of aromatic nitrogens is 3. The SMILES string of the molecule is Ic1cnn2cc(-c3ccccc3)cnc12. The summed E-state index contributed by atoms with van der Waals surface area (Å²) in [5.41, 5.74) is 3.13. The van der Waals surface area contributed by atoms with Gasteiger partial charge in [-0.25, -0.2) is 9.50 Å². The summed E-state index contributed by atoms with van der Waals surface area (Å²) in [7, 11) is 0. The maximum atomic E-state index is 4.41. The lowest BCUT2D eigenvalue weighted by Crippen LogP contribution is -1.91. The van der Waals surface area contributed by atoms with Crippen LogP contribution in [0.15, 0.2) is 48.9 Å². The van der Waals surface area contributed by atoms with Crippen molar-refractivity contribution in [2.75, 3.05) is 0 Å². The summed E-state index contributed by atoms with van der Waals surface area (Å²) in [5, 5.41) is 4.25. The maximum absolute atomic E-state index is 4.41. The highest BCUT2D eigenvalue weighted by Gasteiger charge is 2.04. The van der Waals surface area contributed by atoms with Gasteiger partial charge in [-0.15, -0.1) is 0 Å². The molecule has 4 heteroatoms. The summed E-state index contributed by atoms with van der Waals surface area (Å²) in [5.74, 6) is 0. The van der Waals surface area contributed by atoms with Crippen LogP contribution in [0.4, 0.5) is 0 Å². The molecule has 0 atom stereocenters. The first kappa shape index (κ1) is 9.77. The Labute approximate surface area is 106 Å².